The van der Waals surface area contributed by atoms with Crippen LogP contribution in [0.1, 0.15) is 50.3 Å². The standard InChI is InChI=1S/C44H38N3O.Pt/c1-44(2,3)34-25-32(24-33(26-34)38-20-11-12-23-45-38)36-19-13-22-40-42(36)46-43(37-27-30-16-7-8-17-31(30)28-41(37)48)47(40)39-21-10-9-18-35(39)29-14-5-4-6-15-29;/h4-6,9-15,18-23,25-28,48H,7-8,16-17H2,1-3H3;/q-1;. The Kier molecular flexibility index (Phi) is 8.86. The molecule has 4 nitrogen and oxygen atoms in total. The molecule has 1 aliphatic rings. The maximum atomic E-state index is 11.6. The Morgan fingerprint density at radius 3 is 2.14 bits per heavy atom. The van der Waals surface area contributed by atoms with Crippen molar-refractivity contribution in [2.24, 2.45) is 0 Å². The molecule has 0 fully saturated rings. The Bertz CT molecular complexity index is 2280. The number of para-hydroxylation sites is 2. The van der Waals surface area contributed by atoms with Gasteiger partial charge in [0.05, 0.1) is 22.3 Å². The normalized spacial score (nSPS) is 12.8. The number of aromatic nitrogens is 3. The number of phenolic OH excluding ortho intramolecular Hbond substituents is 1. The summed E-state index contributed by atoms with van der Waals surface area (Å²) in [5.41, 5.74) is 13.3. The zero-order valence-electron chi connectivity index (χ0n) is 28.0. The minimum atomic E-state index is -0.0880. The van der Waals surface area contributed by atoms with Crippen LogP contribution in [0.3, 0.4) is 0 Å². The van der Waals surface area contributed by atoms with Crippen LogP contribution < -0.4 is 0 Å². The fourth-order valence-electron chi connectivity index (χ4n) is 7.03. The van der Waals surface area contributed by atoms with Crippen LogP contribution in [0.4, 0.5) is 0 Å². The molecule has 0 amide bonds. The van der Waals surface area contributed by atoms with Crippen LogP contribution in [-0.4, -0.2) is 19.6 Å². The number of hydrogen-bond donors (Lipinski definition) is 1. The number of phenols is 1. The summed E-state index contributed by atoms with van der Waals surface area (Å²) in [7, 11) is 0. The van der Waals surface area contributed by atoms with Crippen LogP contribution in [0.25, 0.3) is 61.6 Å². The Balaban J connectivity index is 0.00000378. The van der Waals surface area contributed by atoms with Crippen molar-refractivity contribution in [1.82, 2.24) is 14.5 Å². The summed E-state index contributed by atoms with van der Waals surface area (Å²) < 4.78 is 2.23. The van der Waals surface area contributed by atoms with Gasteiger partial charge in [-0.25, -0.2) is 4.98 Å². The van der Waals surface area contributed by atoms with Gasteiger partial charge >= 0.3 is 0 Å². The molecule has 49 heavy (non-hydrogen) atoms. The molecule has 0 spiro atoms. The largest absolute Gasteiger partial charge is 0.507 e. The molecule has 0 unspecified atom stereocenters. The number of aromatic hydroxyl groups is 1. The molecule has 0 atom stereocenters. The van der Waals surface area contributed by atoms with Crippen LogP contribution in [0.2, 0.25) is 0 Å². The number of rotatable bonds is 5. The van der Waals surface area contributed by atoms with Crippen molar-refractivity contribution in [1.29, 1.82) is 0 Å². The van der Waals surface area contributed by atoms with E-state index >= 15 is 0 Å². The summed E-state index contributed by atoms with van der Waals surface area (Å²) in [4.78, 5) is 10.1. The quantitative estimate of drug-likeness (QED) is 0.176. The van der Waals surface area contributed by atoms with E-state index in [9.17, 15) is 5.11 Å². The fraction of sp³-hybridized carbons (Fsp3) is 0.182. The minimum absolute atomic E-state index is 0. The van der Waals surface area contributed by atoms with Gasteiger partial charge in [-0.05, 0) is 78.1 Å². The van der Waals surface area contributed by atoms with E-state index in [1.807, 2.05) is 36.5 Å². The number of aryl methyl sites for hydroxylation is 2. The fourth-order valence-corrected chi connectivity index (χ4v) is 7.03. The van der Waals surface area contributed by atoms with E-state index in [0.29, 0.717) is 0 Å². The molecule has 246 valence electrons. The second-order valence-corrected chi connectivity index (χ2v) is 13.8. The third kappa shape index (κ3) is 6.15. The first-order valence-electron chi connectivity index (χ1n) is 16.9. The number of hydrogen-bond acceptors (Lipinski definition) is 3. The summed E-state index contributed by atoms with van der Waals surface area (Å²) in [6, 6.07) is 43.6. The zero-order valence-corrected chi connectivity index (χ0v) is 30.3. The molecule has 7 aromatic rings. The summed E-state index contributed by atoms with van der Waals surface area (Å²) >= 11 is 0. The number of imidazole rings is 1. The predicted octanol–water partition coefficient (Wildman–Crippen LogP) is 10.8. The first kappa shape index (κ1) is 32.7. The first-order valence-corrected chi connectivity index (χ1v) is 16.9. The van der Waals surface area contributed by atoms with Crippen molar-refractivity contribution in [3.63, 3.8) is 0 Å². The molecule has 0 saturated heterocycles. The summed E-state index contributed by atoms with van der Waals surface area (Å²) in [5.74, 6) is 0.994. The SMILES string of the molecule is CC(C)(C)c1cc(-c2ccccn2)[c-]c(-c2cccc3c2nc(-c2cc4c(cc2O)CCCC4)n3-c2ccccc2-c2ccccc2)c1.[Pt]. The van der Waals surface area contributed by atoms with Crippen LogP contribution in [0, 0.1) is 6.07 Å². The van der Waals surface area contributed by atoms with E-state index < -0.39 is 0 Å². The molecular formula is C44H38N3OPt-. The van der Waals surface area contributed by atoms with Gasteiger partial charge in [-0.3, -0.25) is 9.55 Å². The molecule has 5 heteroatoms. The van der Waals surface area contributed by atoms with Gasteiger partial charge in [-0.15, -0.1) is 29.3 Å². The van der Waals surface area contributed by atoms with Crippen molar-refractivity contribution < 1.29 is 26.2 Å². The van der Waals surface area contributed by atoms with Gasteiger partial charge in [0.25, 0.3) is 0 Å². The first-order chi connectivity index (χ1) is 23.3. The third-order valence-corrected chi connectivity index (χ3v) is 9.58. The molecule has 1 aliphatic carbocycles. The van der Waals surface area contributed by atoms with Gasteiger partial charge in [-0.1, -0.05) is 105 Å². The second-order valence-electron chi connectivity index (χ2n) is 13.8. The van der Waals surface area contributed by atoms with Crippen LogP contribution >= 0.6 is 0 Å². The van der Waals surface area contributed by atoms with Gasteiger partial charge in [0.15, 0.2) is 0 Å². The van der Waals surface area contributed by atoms with E-state index in [1.54, 1.807) is 0 Å². The number of pyridine rings is 1. The maximum absolute atomic E-state index is 11.6. The predicted molar refractivity (Wildman–Crippen MR) is 196 cm³/mol. The zero-order chi connectivity index (χ0) is 32.8. The molecule has 0 saturated carbocycles. The van der Waals surface area contributed by atoms with E-state index in [2.05, 4.69) is 121 Å². The number of benzene rings is 5. The van der Waals surface area contributed by atoms with Crippen molar-refractivity contribution >= 4 is 11.0 Å². The van der Waals surface area contributed by atoms with Crippen molar-refractivity contribution in [2.75, 3.05) is 0 Å². The van der Waals surface area contributed by atoms with Gasteiger partial charge < -0.3 is 5.11 Å². The summed E-state index contributed by atoms with van der Waals surface area (Å²) in [6.45, 7) is 6.71. The molecule has 2 heterocycles. The molecule has 2 aromatic heterocycles. The van der Waals surface area contributed by atoms with Gasteiger partial charge in [-0.2, -0.15) is 0 Å². The maximum Gasteiger partial charge on any atom is 0.148 e. The second kappa shape index (κ2) is 13.3. The van der Waals surface area contributed by atoms with E-state index in [-0.39, 0.29) is 32.2 Å². The van der Waals surface area contributed by atoms with Crippen LogP contribution in [0.5, 0.6) is 5.75 Å². The Morgan fingerprint density at radius 2 is 1.39 bits per heavy atom. The Hall–Kier alpha value is -4.79. The summed E-state index contributed by atoms with van der Waals surface area (Å²) in [5, 5.41) is 11.6. The average Bonchev–Trinajstić information content (AvgIpc) is 3.51. The van der Waals surface area contributed by atoms with E-state index in [0.717, 1.165) is 87.3 Å². The van der Waals surface area contributed by atoms with Crippen molar-refractivity contribution in [2.45, 2.75) is 51.9 Å². The Labute approximate surface area is 302 Å². The van der Waals surface area contributed by atoms with E-state index in [1.165, 1.54) is 16.7 Å². The molecule has 8 rings (SSSR count). The molecule has 0 aliphatic heterocycles. The van der Waals surface area contributed by atoms with Crippen LogP contribution in [-0.2, 0) is 39.3 Å². The number of nitrogens with zero attached hydrogens (tertiary/aromatic N) is 3. The number of fused-ring (bicyclic) bond motifs is 2. The van der Waals surface area contributed by atoms with Gasteiger partial charge in [0.2, 0.25) is 0 Å². The van der Waals surface area contributed by atoms with Gasteiger partial charge in [0.1, 0.15) is 11.6 Å². The smallest absolute Gasteiger partial charge is 0.148 e. The van der Waals surface area contributed by atoms with Crippen molar-refractivity contribution in [3.8, 4) is 56.3 Å². The van der Waals surface area contributed by atoms with Gasteiger partial charge in [0, 0.05) is 38.5 Å². The van der Waals surface area contributed by atoms with Crippen molar-refractivity contribution in [3.05, 3.63) is 144 Å². The van der Waals surface area contributed by atoms with Crippen LogP contribution in [0.15, 0.2) is 121 Å². The summed E-state index contributed by atoms with van der Waals surface area (Å²) in [6.07, 6.45) is 6.16. The topological polar surface area (TPSA) is 50.9 Å². The molecular weight excluding hydrogens is 782 g/mol. The molecule has 0 bridgehead atoms. The third-order valence-electron chi connectivity index (χ3n) is 9.58. The monoisotopic (exact) mass is 819 g/mol. The van der Waals surface area contributed by atoms with E-state index in [4.69, 9.17) is 4.98 Å². The molecule has 0 radical (unpaired) electrons. The molecule has 1 N–H and O–H groups in total. The molecule has 5 aromatic carbocycles. The minimum Gasteiger partial charge on any atom is -0.507 e. The Morgan fingerprint density at radius 1 is 0.694 bits per heavy atom. The average molecular weight is 820 g/mol.